The summed E-state index contributed by atoms with van der Waals surface area (Å²) in [6.07, 6.45) is 4.45. The van der Waals surface area contributed by atoms with Gasteiger partial charge in [-0.3, -0.25) is 0 Å². The zero-order chi connectivity index (χ0) is 11.8. The standard InChI is InChI=1S/C14H17N3/c1-10-6-7-17-9-13(16-14(17)8-10)11-4-2-3-5-12(11)15/h2-5,9-10H,6-8,15H2,1H3/t10-/m1/s1. The van der Waals surface area contributed by atoms with Crippen LogP contribution in [-0.4, -0.2) is 9.55 Å². The molecule has 2 aromatic rings. The van der Waals surface area contributed by atoms with Gasteiger partial charge >= 0.3 is 0 Å². The maximum absolute atomic E-state index is 5.99. The van der Waals surface area contributed by atoms with Gasteiger partial charge in [0.05, 0.1) is 5.69 Å². The summed E-state index contributed by atoms with van der Waals surface area (Å²) < 4.78 is 2.27. The molecule has 2 heterocycles. The fourth-order valence-corrected chi connectivity index (χ4v) is 2.44. The molecule has 1 aromatic heterocycles. The van der Waals surface area contributed by atoms with Gasteiger partial charge in [-0.25, -0.2) is 4.98 Å². The summed E-state index contributed by atoms with van der Waals surface area (Å²) in [5.74, 6) is 1.94. The zero-order valence-electron chi connectivity index (χ0n) is 10.1. The van der Waals surface area contributed by atoms with Gasteiger partial charge < -0.3 is 10.3 Å². The topological polar surface area (TPSA) is 43.8 Å². The second-order valence-corrected chi connectivity index (χ2v) is 4.92. The number of fused-ring (bicyclic) bond motifs is 1. The number of hydrogen-bond acceptors (Lipinski definition) is 2. The molecular formula is C14H17N3. The Bertz CT molecular complexity index is 542. The Morgan fingerprint density at radius 3 is 3.00 bits per heavy atom. The van der Waals surface area contributed by atoms with Gasteiger partial charge in [0, 0.05) is 30.4 Å². The zero-order valence-corrected chi connectivity index (χ0v) is 10.1. The van der Waals surface area contributed by atoms with E-state index in [1.54, 1.807) is 0 Å². The van der Waals surface area contributed by atoms with E-state index in [-0.39, 0.29) is 0 Å². The average Bonchev–Trinajstić information content (AvgIpc) is 2.72. The fourth-order valence-electron chi connectivity index (χ4n) is 2.44. The van der Waals surface area contributed by atoms with E-state index in [9.17, 15) is 0 Å². The molecule has 3 nitrogen and oxygen atoms in total. The number of anilines is 1. The van der Waals surface area contributed by atoms with Crippen LogP contribution in [0.25, 0.3) is 11.3 Å². The van der Waals surface area contributed by atoms with Gasteiger partial charge in [0.15, 0.2) is 0 Å². The van der Waals surface area contributed by atoms with E-state index in [1.165, 1.54) is 12.2 Å². The highest BCUT2D eigenvalue weighted by atomic mass is 15.1. The Labute approximate surface area is 101 Å². The fraction of sp³-hybridized carbons (Fsp3) is 0.357. The lowest BCUT2D eigenvalue weighted by molar-refractivity contribution is 0.409. The van der Waals surface area contributed by atoms with Crippen LogP contribution in [0.5, 0.6) is 0 Å². The van der Waals surface area contributed by atoms with E-state index in [1.807, 2.05) is 24.3 Å². The smallest absolute Gasteiger partial charge is 0.109 e. The molecular weight excluding hydrogens is 210 g/mol. The van der Waals surface area contributed by atoms with E-state index in [2.05, 4.69) is 17.7 Å². The largest absolute Gasteiger partial charge is 0.398 e. The molecule has 0 saturated heterocycles. The Balaban J connectivity index is 2.03. The highest BCUT2D eigenvalue weighted by Crippen LogP contribution is 2.27. The maximum atomic E-state index is 5.99. The van der Waals surface area contributed by atoms with Crippen molar-refractivity contribution in [1.82, 2.24) is 9.55 Å². The van der Waals surface area contributed by atoms with E-state index in [0.717, 1.165) is 35.8 Å². The van der Waals surface area contributed by atoms with Crippen LogP contribution in [0.2, 0.25) is 0 Å². The predicted molar refractivity (Wildman–Crippen MR) is 69.6 cm³/mol. The molecule has 1 aliphatic heterocycles. The lowest BCUT2D eigenvalue weighted by atomic mass is 10.0. The van der Waals surface area contributed by atoms with Crippen molar-refractivity contribution in [2.75, 3.05) is 5.73 Å². The second-order valence-electron chi connectivity index (χ2n) is 4.92. The molecule has 1 aliphatic rings. The van der Waals surface area contributed by atoms with Gasteiger partial charge in [-0.15, -0.1) is 0 Å². The normalized spacial score (nSPS) is 19.0. The average molecular weight is 227 g/mol. The van der Waals surface area contributed by atoms with Crippen LogP contribution in [-0.2, 0) is 13.0 Å². The molecule has 1 aromatic carbocycles. The summed E-state index contributed by atoms with van der Waals surface area (Å²) in [6, 6.07) is 7.92. The molecule has 1 atom stereocenters. The van der Waals surface area contributed by atoms with Crippen LogP contribution in [0, 0.1) is 5.92 Å². The summed E-state index contributed by atoms with van der Waals surface area (Å²) in [5.41, 5.74) is 8.84. The summed E-state index contributed by atoms with van der Waals surface area (Å²) in [4.78, 5) is 4.72. The van der Waals surface area contributed by atoms with E-state index in [4.69, 9.17) is 10.7 Å². The van der Waals surface area contributed by atoms with Crippen molar-refractivity contribution in [2.24, 2.45) is 5.92 Å². The molecule has 17 heavy (non-hydrogen) atoms. The molecule has 0 aliphatic carbocycles. The third-order valence-electron chi connectivity index (χ3n) is 3.49. The molecule has 0 amide bonds. The summed E-state index contributed by atoms with van der Waals surface area (Å²) in [6.45, 7) is 3.37. The summed E-state index contributed by atoms with van der Waals surface area (Å²) >= 11 is 0. The third kappa shape index (κ3) is 1.82. The molecule has 0 saturated carbocycles. The van der Waals surface area contributed by atoms with E-state index in [0.29, 0.717) is 0 Å². The van der Waals surface area contributed by atoms with Crippen molar-refractivity contribution < 1.29 is 0 Å². The molecule has 88 valence electrons. The van der Waals surface area contributed by atoms with Gasteiger partial charge in [-0.2, -0.15) is 0 Å². The Hall–Kier alpha value is -1.77. The van der Waals surface area contributed by atoms with E-state index < -0.39 is 0 Å². The lowest BCUT2D eigenvalue weighted by Gasteiger charge is -2.18. The predicted octanol–water partition coefficient (Wildman–Crippen LogP) is 2.71. The molecule has 3 heteroatoms. The van der Waals surface area contributed by atoms with Crippen molar-refractivity contribution in [3.05, 3.63) is 36.3 Å². The maximum Gasteiger partial charge on any atom is 0.109 e. The third-order valence-corrected chi connectivity index (χ3v) is 3.49. The van der Waals surface area contributed by atoms with Crippen LogP contribution in [0.1, 0.15) is 19.2 Å². The van der Waals surface area contributed by atoms with Gasteiger partial charge in [0.2, 0.25) is 0 Å². The highest BCUT2D eigenvalue weighted by Gasteiger charge is 2.18. The first-order valence-electron chi connectivity index (χ1n) is 6.15. The van der Waals surface area contributed by atoms with Crippen molar-refractivity contribution in [1.29, 1.82) is 0 Å². The quantitative estimate of drug-likeness (QED) is 0.761. The monoisotopic (exact) mass is 227 g/mol. The number of aryl methyl sites for hydroxylation is 1. The molecule has 0 radical (unpaired) electrons. The number of hydrogen-bond donors (Lipinski definition) is 1. The number of para-hydroxylation sites is 1. The van der Waals surface area contributed by atoms with Crippen molar-refractivity contribution in [2.45, 2.75) is 26.3 Å². The number of nitrogens with zero attached hydrogens (tertiary/aromatic N) is 2. The molecule has 0 spiro atoms. The molecule has 2 N–H and O–H groups in total. The van der Waals surface area contributed by atoms with Crippen molar-refractivity contribution >= 4 is 5.69 Å². The highest BCUT2D eigenvalue weighted by molar-refractivity contribution is 5.73. The molecule has 0 bridgehead atoms. The van der Waals surface area contributed by atoms with Crippen LogP contribution in [0.4, 0.5) is 5.69 Å². The van der Waals surface area contributed by atoms with Crippen LogP contribution < -0.4 is 5.73 Å². The molecule has 0 fully saturated rings. The minimum absolute atomic E-state index is 0.742. The minimum atomic E-state index is 0.742. The number of rotatable bonds is 1. The Morgan fingerprint density at radius 2 is 2.18 bits per heavy atom. The first-order valence-corrected chi connectivity index (χ1v) is 6.15. The first-order chi connectivity index (χ1) is 8.24. The Kier molecular flexibility index (Phi) is 2.39. The van der Waals surface area contributed by atoms with Gasteiger partial charge in [0.1, 0.15) is 5.82 Å². The van der Waals surface area contributed by atoms with Crippen molar-refractivity contribution in [3.63, 3.8) is 0 Å². The molecule has 0 unspecified atom stereocenters. The van der Waals surface area contributed by atoms with Crippen molar-refractivity contribution in [3.8, 4) is 11.3 Å². The molecule has 3 rings (SSSR count). The van der Waals surface area contributed by atoms with Crippen LogP contribution >= 0.6 is 0 Å². The van der Waals surface area contributed by atoms with Gasteiger partial charge in [-0.05, 0) is 18.4 Å². The van der Waals surface area contributed by atoms with Crippen LogP contribution in [0.3, 0.4) is 0 Å². The lowest BCUT2D eigenvalue weighted by Crippen LogP contribution is -2.16. The van der Waals surface area contributed by atoms with Gasteiger partial charge in [0.25, 0.3) is 0 Å². The number of nitrogens with two attached hydrogens (primary N) is 1. The second kappa shape index (κ2) is 3.91. The number of benzene rings is 1. The van der Waals surface area contributed by atoms with Crippen LogP contribution in [0.15, 0.2) is 30.5 Å². The number of imidazole rings is 1. The number of nitrogen functional groups attached to an aromatic ring is 1. The SMILES string of the molecule is C[C@@H]1CCn2cc(-c3ccccc3N)nc2C1. The van der Waals surface area contributed by atoms with E-state index >= 15 is 0 Å². The number of aromatic nitrogens is 2. The summed E-state index contributed by atoms with van der Waals surface area (Å²) in [5, 5.41) is 0. The summed E-state index contributed by atoms with van der Waals surface area (Å²) in [7, 11) is 0. The van der Waals surface area contributed by atoms with Gasteiger partial charge in [-0.1, -0.05) is 25.1 Å². The Morgan fingerprint density at radius 1 is 1.35 bits per heavy atom. The minimum Gasteiger partial charge on any atom is -0.398 e. The first kappa shape index (κ1) is 10.4.